The average Bonchev–Trinajstić information content (AvgIpc) is 2.77. The zero-order valence-electron chi connectivity index (χ0n) is 12.7. The minimum atomic E-state index is 0.0702. The van der Waals surface area contributed by atoms with Gasteiger partial charge in [-0.05, 0) is 32.6 Å². The van der Waals surface area contributed by atoms with E-state index >= 15 is 0 Å². The molecular formula is C15H28N2S. The molecule has 0 aliphatic rings. The Morgan fingerprint density at radius 1 is 1.28 bits per heavy atom. The summed E-state index contributed by atoms with van der Waals surface area (Å²) >= 11 is 1.82. The molecule has 104 valence electrons. The summed E-state index contributed by atoms with van der Waals surface area (Å²) in [7, 11) is 0. The highest BCUT2D eigenvalue weighted by Crippen LogP contribution is 2.34. The molecule has 0 fully saturated rings. The number of nitrogens with zero attached hydrogens (tertiary/aromatic N) is 1. The van der Waals surface area contributed by atoms with E-state index in [1.54, 1.807) is 0 Å². The highest BCUT2D eigenvalue weighted by Gasteiger charge is 2.33. The van der Waals surface area contributed by atoms with Crippen LogP contribution in [0.15, 0.2) is 5.38 Å². The van der Waals surface area contributed by atoms with E-state index in [0.29, 0.717) is 12.0 Å². The molecule has 0 spiro atoms. The van der Waals surface area contributed by atoms with Gasteiger partial charge < -0.3 is 5.32 Å². The number of nitrogens with one attached hydrogen (secondary N) is 1. The van der Waals surface area contributed by atoms with Crippen LogP contribution >= 0.6 is 11.3 Å². The summed E-state index contributed by atoms with van der Waals surface area (Å²) in [6, 6.07) is 0.489. The van der Waals surface area contributed by atoms with Crippen molar-refractivity contribution in [2.24, 2.45) is 0 Å². The predicted molar refractivity (Wildman–Crippen MR) is 81.4 cm³/mol. The van der Waals surface area contributed by atoms with E-state index in [2.05, 4.69) is 52.2 Å². The number of hydrogen-bond donors (Lipinski definition) is 1. The Morgan fingerprint density at radius 3 is 2.33 bits per heavy atom. The molecule has 1 rings (SSSR count). The SMILES string of the molecule is CCCC(CC)(NC(C)C)c1nc(C(C)C)cs1. The van der Waals surface area contributed by atoms with E-state index in [1.165, 1.54) is 17.1 Å². The first-order chi connectivity index (χ1) is 8.45. The summed E-state index contributed by atoms with van der Waals surface area (Å²) in [5.41, 5.74) is 1.30. The van der Waals surface area contributed by atoms with Crippen molar-refractivity contribution in [1.29, 1.82) is 0 Å². The number of rotatable bonds is 7. The minimum Gasteiger partial charge on any atom is -0.303 e. The van der Waals surface area contributed by atoms with E-state index in [1.807, 2.05) is 11.3 Å². The summed E-state index contributed by atoms with van der Waals surface area (Å²) < 4.78 is 0. The van der Waals surface area contributed by atoms with Crippen molar-refractivity contribution in [3.8, 4) is 0 Å². The van der Waals surface area contributed by atoms with Gasteiger partial charge in [0.05, 0.1) is 11.2 Å². The molecule has 2 nitrogen and oxygen atoms in total. The van der Waals surface area contributed by atoms with Crippen molar-refractivity contribution in [1.82, 2.24) is 10.3 Å². The lowest BCUT2D eigenvalue weighted by atomic mass is 9.90. The molecule has 0 aromatic carbocycles. The van der Waals surface area contributed by atoms with Gasteiger partial charge in [-0.25, -0.2) is 4.98 Å². The molecule has 3 heteroatoms. The van der Waals surface area contributed by atoms with Gasteiger partial charge in [-0.3, -0.25) is 0 Å². The molecule has 0 bridgehead atoms. The van der Waals surface area contributed by atoms with Crippen LogP contribution < -0.4 is 5.32 Å². The quantitative estimate of drug-likeness (QED) is 0.777. The molecule has 0 aliphatic carbocycles. The van der Waals surface area contributed by atoms with Crippen LogP contribution in [0.25, 0.3) is 0 Å². The summed E-state index contributed by atoms with van der Waals surface area (Å²) in [5.74, 6) is 0.519. The third-order valence-electron chi connectivity index (χ3n) is 3.37. The van der Waals surface area contributed by atoms with Crippen molar-refractivity contribution in [2.45, 2.75) is 78.3 Å². The Bertz CT molecular complexity index is 357. The van der Waals surface area contributed by atoms with Crippen LogP contribution in [0.3, 0.4) is 0 Å². The van der Waals surface area contributed by atoms with Crippen LogP contribution in [-0.2, 0) is 5.54 Å². The molecule has 1 atom stereocenters. The largest absolute Gasteiger partial charge is 0.303 e. The van der Waals surface area contributed by atoms with Gasteiger partial charge in [0.15, 0.2) is 0 Å². The molecule has 0 aliphatic heterocycles. The zero-order chi connectivity index (χ0) is 13.8. The monoisotopic (exact) mass is 268 g/mol. The third kappa shape index (κ3) is 3.55. The number of thiazole rings is 1. The van der Waals surface area contributed by atoms with Crippen LogP contribution in [0, 0.1) is 0 Å². The molecule has 1 unspecified atom stereocenters. The summed E-state index contributed by atoms with van der Waals surface area (Å²) in [4.78, 5) is 4.88. The van der Waals surface area contributed by atoms with E-state index in [-0.39, 0.29) is 5.54 Å². The Hall–Kier alpha value is -0.410. The first kappa shape index (κ1) is 15.6. The van der Waals surface area contributed by atoms with Crippen LogP contribution in [0.2, 0.25) is 0 Å². The van der Waals surface area contributed by atoms with Crippen molar-refractivity contribution >= 4 is 11.3 Å². The smallest absolute Gasteiger partial charge is 0.113 e. The second-order valence-electron chi connectivity index (χ2n) is 5.72. The Balaban J connectivity index is 3.06. The molecule has 0 radical (unpaired) electrons. The first-order valence-corrected chi connectivity index (χ1v) is 8.06. The molecular weight excluding hydrogens is 240 g/mol. The van der Waals surface area contributed by atoms with Gasteiger partial charge >= 0.3 is 0 Å². The third-order valence-corrected chi connectivity index (χ3v) is 4.43. The van der Waals surface area contributed by atoms with Gasteiger partial charge in [-0.15, -0.1) is 11.3 Å². The molecule has 18 heavy (non-hydrogen) atoms. The molecule has 1 heterocycles. The molecule has 1 aromatic heterocycles. The maximum Gasteiger partial charge on any atom is 0.113 e. The standard InChI is InChI=1S/C15H28N2S/c1-7-9-15(8-2,17-12(5)6)14-16-13(10-18-14)11(3)4/h10-12,17H,7-9H2,1-6H3. The number of aromatic nitrogens is 1. The first-order valence-electron chi connectivity index (χ1n) is 7.18. The highest BCUT2D eigenvalue weighted by molar-refractivity contribution is 7.09. The maximum absolute atomic E-state index is 4.88. The predicted octanol–water partition coefficient (Wildman–Crippen LogP) is 4.67. The molecule has 0 saturated carbocycles. The maximum atomic E-state index is 4.88. The fourth-order valence-electron chi connectivity index (χ4n) is 2.42. The van der Waals surface area contributed by atoms with Gasteiger partial charge in [0.25, 0.3) is 0 Å². The van der Waals surface area contributed by atoms with Gasteiger partial charge in [0.1, 0.15) is 5.01 Å². The number of hydrogen-bond acceptors (Lipinski definition) is 3. The molecule has 1 N–H and O–H groups in total. The second-order valence-corrected chi connectivity index (χ2v) is 6.58. The Morgan fingerprint density at radius 2 is 1.94 bits per heavy atom. The summed E-state index contributed by atoms with van der Waals surface area (Å²) in [6.07, 6.45) is 3.45. The van der Waals surface area contributed by atoms with Crippen molar-refractivity contribution in [3.05, 3.63) is 16.1 Å². The van der Waals surface area contributed by atoms with Crippen LogP contribution in [0.5, 0.6) is 0 Å². The Labute approximate surface area is 116 Å². The lowest BCUT2D eigenvalue weighted by Gasteiger charge is -2.34. The van der Waals surface area contributed by atoms with Crippen LogP contribution in [0.1, 0.15) is 77.4 Å². The van der Waals surface area contributed by atoms with Gasteiger partial charge in [0, 0.05) is 11.4 Å². The molecule has 0 amide bonds. The van der Waals surface area contributed by atoms with E-state index in [4.69, 9.17) is 4.98 Å². The second kappa shape index (κ2) is 6.67. The fraction of sp³-hybridized carbons (Fsp3) is 0.800. The minimum absolute atomic E-state index is 0.0702. The molecule has 1 aromatic rings. The van der Waals surface area contributed by atoms with Gasteiger partial charge in [-0.1, -0.05) is 34.1 Å². The topological polar surface area (TPSA) is 24.9 Å². The van der Waals surface area contributed by atoms with Crippen molar-refractivity contribution < 1.29 is 0 Å². The van der Waals surface area contributed by atoms with Gasteiger partial charge in [-0.2, -0.15) is 0 Å². The zero-order valence-corrected chi connectivity index (χ0v) is 13.5. The normalized spacial score (nSPS) is 15.3. The lowest BCUT2D eigenvalue weighted by Crippen LogP contribution is -2.45. The summed E-state index contributed by atoms with van der Waals surface area (Å²) in [6.45, 7) is 13.4. The molecule has 0 saturated heterocycles. The van der Waals surface area contributed by atoms with E-state index < -0.39 is 0 Å². The van der Waals surface area contributed by atoms with E-state index in [0.717, 1.165) is 12.8 Å². The van der Waals surface area contributed by atoms with Crippen LogP contribution in [0.4, 0.5) is 0 Å². The lowest BCUT2D eigenvalue weighted by molar-refractivity contribution is 0.269. The highest BCUT2D eigenvalue weighted by atomic mass is 32.1. The van der Waals surface area contributed by atoms with Crippen LogP contribution in [-0.4, -0.2) is 11.0 Å². The fourth-order valence-corrected chi connectivity index (χ4v) is 3.67. The van der Waals surface area contributed by atoms with Gasteiger partial charge in [0.2, 0.25) is 0 Å². The average molecular weight is 268 g/mol. The van der Waals surface area contributed by atoms with Crippen molar-refractivity contribution in [3.63, 3.8) is 0 Å². The summed E-state index contributed by atoms with van der Waals surface area (Å²) in [5, 5.41) is 7.25. The van der Waals surface area contributed by atoms with Crippen molar-refractivity contribution in [2.75, 3.05) is 0 Å². The Kier molecular flexibility index (Phi) is 5.80. The van der Waals surface area contributed by atoms with E-state index in [9.17, 15) is 0 Å².